The fourth-order valence-corrected chi connectivity index (χ4v) is 1.46. The molecule has 0 amide bonds. The van der Waals surface area contributed by atoms with E-state index in [0.717, 1.165) is 6.42 Å². The normalized spacial score (nSPS) is 36.6. The summed E-state index contributed by atoms with van der Waals surface area (Å²) in [5.41, 5.74) is -0.0729. The fourth-order valence-electron chi connectivity index (χ4n) is 1.46. The highest BCUT2D eigenvalue weighted by atomic mass is 16.7. The summed E-state index contributed by atoms with van der Waals surface area (Å²) in [6.45, 7) is 9.83. The summed E-state index contributed by atoms with van der Waals surface area (Å²) in [7, 11) is 0. The first-order valence-electron chi connectivity index (χ1n) is 3.99. The quantitative estimate of drug-likeness (QED) is 0.541. The number of hydrogen-bond donors (Lipinski definition) is 0. The zero-order valence-corrected chi connectivity index (χ0v) is 7.46. The van der Waals surface area contributed by atoms with E-state index >= 15 is 0 Å². The van der Waals surface area contributed by atoms with E-state index in [1.807, 2.05) is 0 Å². The second-order valence-electron chi connectivity index (χ2n) is 3.63. The summed E-state index contributed by atoms with van der Waals surface area (Å²) in [6.07, 6.45) is 2.67. The molecule has 0 aromatic heterocycles. The number of ether oxygens (including phenoxy) is 2. The predicted molar refractivity (Wildman–Crippen MR) is 44.3 cm³/mol. The molecule has 2 heteroatoms. The highest BCUT2D eigenvalue weighted by Crippen LogP contribution is 2.27. The highest BCUT2D eigenvalue weighted by Gasteiger charge is 2.31. The molecular formula is C9H16O2. The van der Waals surface area contributed by atoms with E-state index in [4.69, 9.17) is 9.47 Å². The summed E-state index contributed by atoms with van der Waals surface area (Å²) in [6, 6.07) is 0. The number of rotatable bonds is 1. The van der Waals surface area contributed by atoms with Crippen LogP contribution in [-0.4, -0.2) is 18.0 Å². The topological polar surface area (TPSA) is 18.5 Å². The lowest BCUT2D eigenvalue weighted by molar-refractivity contribution is -0.246. The summed E-state index contributed by atoms with van der Waals surface area (Å²) in [5.74, 6) is 0. The third-order valence-electron chi connectivity index (χ3n) is 1.77. The smallest absolute Gasteiger partial charge is 0.177 e. The third kappa shape index (κ3) is 2.31. The van der Waals surface area contributed by atoms with Crippen molar-refractivity contribution in [3.05, 3.63) is 12.7 Å². The van der Waals surface area contributed by atoms with E-state index in [1.165, 1.54) is 0 Å². The predicted octanol–water partition coefficient (Wildman–Crippen LogP) is 2.10. The van der Waals surface area contributed by atoms with Crippen LogP contribution in [0.15, 0.2) is 12.7 Å². The van der Waals surface area contributed by atoms with E-state index < -0.39 is 0 Å². The average molecular weight is 156 g/mol. The van der Waals surface area contributed by atoms with Gasteiger partial charge in [0.25, 0.3) is 0 Å². The molecule has 1 aliphatic heterocycles. The maximum Gasteiger partial charge on any atom is 0.177 e. The molecule has 1 saturated heterocycles. The van der Waals surface area contributed by atoms with Gasteiger partial charge in [-0.1, -0.05) is 6.58 Å². The van der Waals surface area contributed by atoms with E-state index in [2.05, 4.69) is 27.4 Å². The van der Waals surface area contributed by atoms with Crippen LogP contribution >= 0.6 is 0 Å². The Kier molecular flexibility index (Phi) is 2.35. The minimum atomic E-state index is -0.228. The van der Waals surface area contributed by atoms with Gasteiger partial charge in [-0.05, 0) is 26.8 Å². The molecular weight excluding hydrogens is 140 g/mol. The lowest BCUT2D eigenvalue weighted by atomic mass is 10.0. The second kappa shape index (κ2) is 2.95. The minimum absolute atomic E-state index is 0.0729. The Morgan fingerprint density at radius 3 is 2.64 bits per heavy atom. The summed E-state index contributed by atoms with van der Waals surface area (Å²) >= 11 is 0. The average Bonchev–Trinajstić information content (AvgIpc) is 1.83. The summed E-state index contributed by atoms with van der Waals surface area (Å²) in [4.78, 5) is 0. The van der Waals surface area contributed by atoms with Crippen LogP contribution in [0.5, 0.6) is 0 Å². The summed E-state index contributed by atoms with van der Waals surface area (Å²) in [5, 5.41) is 0. The molecule has 1 heterocycles. The van der Waals surface area contributed by atoms with Gasteiger partial charge in [-0.25, -0.2) is 0 Å². The van der Waals surface area contributed by atoms with Gasteiger partial charge < -0.3 is 9.47 Å². The van der Waals surface area contributed by atoms with Crippen LogP contribution in [0.25, 0.3) is 0 Å². The van der Waals surface area contributed by atoms with Crippen molar-refractivity contribution in [3.63, 3.8) is 0 Å². The van der Waals surface area contributed by atoms with Gasteiger partial charge in [0.1, 0.15) is 0 Å². The molecule has 2 atom stereocenters. The van der Waals surface area contributed by atoms with Crippen molar-refractivity contribution >= 4 is 0 Å². The molecule has 0 saturated carbocycles. The van der Waals surface area contributed by atoms with Gasteiger partial charge in [0, 0.05) is 6.42 Å². The lowest BCUT2D eigenvalue weighted by Crippen LogP contribution is -2.41. The molecule has 1 fully saturated rings. The zero-order valence-electron chi connectivity index (χ0n) is 7.46. The molecule has 0 bridgehead atoms. The first-order chi connectivity index (χ1) is 5.03. The molecule has 64 valence electrons. The molecule has 2 nitrogen and oxygen atoms in total. The van der Waals surface area contributed by atoms with Crippen molar-refractivity contribution < 1.29 is 9.47 Å². The molecule has 0 N–H and O–H groups in total. The van der Waals surface area contributed by atoms with Gasteiger partial charge in [-0.15, -0.1) is 0 Å². The molecule has 11 heavy (non-hydrogen) atoms. The van der Waals surface area contributed by atoms with Crippen LogP contribution in [0, 0.1) is 0 Å². The van der Waals surface area contributed by atoms with Gasteiger partial charge >= 0.3 is 0 Å². The van der Waals surface area contributed by atoms with Crippen LogP contribution in [0.3, 0.4) is 0 Å². The Labute approximate surface area is 68.2 Å². The molecule has 0 radical (unpaired) electrons. The van der Waals surface area contributed by atoms with E-state index in [9.17, 15) is 0 Å². The molecule has 0 spiro atoms. The Hall–Kier alpha value is -0.340. The van der Waals surface area contributed by atoms with Crippen molar-refractivity contribution in [2.75, 3.05) is 0 Å². The Morgan fingerprint density at radius 2 is 2.18 bits per heavy atom. The van der Waals surface area contributed by atoms with Crippen LogP contribution in [0.1, 0.15) is 27.2 Å². The van der Waals surface area contributed by atoms with Crippen LogP contribution in [0.2, 0.25) is 0 Å². The van der Waals surface area contributed by atoms with Crippen molar-refractivity contribution in [2.45, 2.75) is 45.2 Å². The Bertz CT molecular complexity index is 152. The van der Waals surface area contributed by atoms with Gasteiger partial charge in [0.15, 0.2) is 6.29 Å². The molecule has 0 aromatic carbocycles. The van der Waals surface area contributed by atoms with Gasteiger partial charge in [0.05, 0.1) is 11.7 Å². The first-order valence-corrected chi connectivity index (χ1v) is 3.99. The molecule has 1 rings (SSSR count). The van der Waals surface area contributed by atoms with Crippen LogP contribution in [-0.2, 0) is 9.47 Å². The third-order valence-corrected chi connectivity index (χ3v) is 1.77. The maximum atomic E-state index is 5.55. The second-order valence-corrected chi connectivity index (χ2v) is 3.63. The molecule has 0 aliphatic carbocycles. The zero-order chi connectivity index (χ0) is 8.48. The van der Waals surface area contributed by atoms with Gasteiger partial charge in [0.2, 0.25) is 0 Å². The first kappa shape index (κ1) is 8.75. The Morgan fingerprint density at radius 1 is 1.55 bits per heavy atom. The van der Waals surface area contributed by atoms with E-state index in [-0.39, 0.29) is 18.0 Å². The van der Waals surface area contributed by atoms with Crippen LogP contribution in [0.4, 0.5) is 0 Å². The highest BCUT2D eigenvalue weighted by molar-refractivity contribution is 4.84. The van der Waals surface area contributed by atoms with Crippen molar-refractivity contribution in [2.24, 2.45) is 0 Å². The molecule has 0 aromatic rings. The van der Waals surface area contributed by atoms with Crippen molar-refractivity contribution in [1.82, 2.24) is 0 Å². The SMILES string of the molecule is C=CC1OC(C)CC(C)(C)O1. The lowest BCUT2D eigenvalue weighted by Gasteiger charge is -2.38. The van der Waals surface area contributed by atoms with E-state index in [0.29, 0.717) is 0 Å². The van der Waals surface area contributed by atoms with Crippen LogP contribution < -0.4 is 0 Å². The van der Waals surface area contributed by atoms with E-state index in [1.54, 1.807) is 6.08 Å². The largest absolute Gasteiger partial charge is 0.346 e. The minimum Gasteiger partial charge on any atom is -0.346 e. The molecule has 2 unspecified atom stereocenters. The van der Waals surface area contributed by atoms with Crippen molar-refractivity contribution in [1.29, 1.82) is 0 Å². The van der Waals surface area contributed by atoms with Gasteiger partial charge in [-0.3, -0.25) is 0 Å². The van der Waals surface area contributed by atoms with Crippen molar-refractivity contribution in [3.8, 4) is 0 Å². The Balaban J connectivity index is 2.57. The fraction of sp³-hybridized carbons (Fsp3) is 0.778. The number of hydrogen-bond acceptors (Lipinski definition) is 2. The summed E-state index contributed by atoms with van der Waals surface area (Å²) < 4.78 is 11.0. The monoisotopic (exact) mass is 156 g/mol. The van der Waals surface area contributed by atoms with Gasteiger partial charge in [-0.2, -0.15) is 0 Å². The maximum absolute atomic E-state index is 5.55. The molecule has 1 aliphatic rings. The standard InChI is InChI=1S/C9H16O2/c1-5-8-10-7(2)6-9(3,4)11-8/h5,7-8H,1,6H2,2-4H3.